The molecule has 0 aromatic carbocycles. The van der Waals surface area contributed by atoms with E-state index in [2.05, 4.69) is 16.0 Å². The standard InChI is InChI=1S/C11H23N3O2/c1-8(6-12-5)10(16)13-7-9(15)14-11(2,3)4/h8,12H,6-7H2,1-5H3,(H,13,16)(H,14,15). The first kappa shape index (κ1) is 14.9. The Kier molecular flexibility index (Phi) is 6.03. The third kappa shape index (κ3) is 7.23. The Bertz CT molecular complexity index is 246. The van der Waals surface area contributed by atoms with Crippen molar-refractivity contribution in [2.45, 2.75) is 33.2 Å². The molecule has 0 fully saturated rings. The molecular formula is C11H23N3O2. The van der Waals surface area contributed by atoms with Gasteiger partial charge in [0.05, 0.1) is 6.54 Å². The molecule has 2 amide bonds. The maximum Gasteiger partial charge on any atom is 0.239 e. The smallest absolute Gasteiger partial charge is 0.239 e. The summed E-state index contributed by atoms with van der Waals surface area (Å²) in [6.45, 7) is 8.15. The van der Waals surface area contributed by atoms with Gasteiger partial charge >= 0.3 is 0 Å². The molecule has 1 unspecified atom stereocenters. The van der Waals surface area contributed by atoms with Crippen LogP contribution in [0.4, 0.5) is 0 Å². The molecule has 0 aliphatic heterocycles. The lowest BCUT2D eigenvalue weighted by atomic mass is 10.1. The monoisotopic (exact) mass is 229 g/mol. The minimum atomic E-state index is -0.265. The average Bonchev–Trinajstić information content (AvgIpc) is 2.11. The van der Waals surface area contributed by atoms with E-state index in [1.165, 1.54) is 0 Å². The van der Waals surface area contributed by atoms with Gasteiger partial charge in [0.1, 0.15) is 0 Å². The van der Waals surface area contributed by atoms with E-state index >= 15 is 0 Å². The molecule has 5 nitrogen and oxygen atoms in total. The molecule has 16 heavy (non-hydrogen) atoms. The van der Waals surface area contributed by atoms with Gasteiger partial charge in [-0.2, -0.15) is 0 Å². The van der Waals surface area contributed by atoms with Crippen LogP contribution in [0.5, 0.6) is 0 Å². The van der Waals surface area contributed by atoms with Gasteiger partial charge in [0.2, 0.25) is 11.8 Å². The van der Waals surface area contributed by atoms with Crippen molar-refractivity contribution < 1.29 is 9.59 Å². The molecule has 0 saturated carbocycles. The summed E-state index contributed by atoms with van der Waals surface area (Å²) in [5, 5.41) is 8.29. The molecule has 0 spiro atoms. The van der Waals surface area contributed by atoms with Crippen molar-refractivity contribution in [1.29, 1.82) is 0 Å². The van der Waals surface area contributed by atoms with Crippen LogP contribution in [0.3, 0.4) is 0 Å². The average molecular weight is 229 g/mol. The van der Waals surface area contributed by atoms with E-state index in [9.17, 15) is 9.59 Å². The van der Waals surface area contributed by atoms with E-state index in [1.54, 1.807) is 7.05 Å². The van der Waals surface area contributed by atoms with Gasteiger partial charge in [0.25, 0.3) is 0 Å². The predicted octanol–water partition coefficient (Wildman–Crippen LogP) is -0.127. The molecule has 0 aliphatic rings. The van der Waals surface area contributed by atoms with E-state index in [-0.39, 0.29) is 29.8 Å². The highest BCUT2D eigenvalue weighted by molar-refractivity contribution is 5.86. The van der Waals surface area contributed by atoms with Gasteiger partial charge in [-0.1, -0.05) is 6.92 Å². The minimum Gasteiger partial charge on any atom is -0.350 e. The number of carbonyl (C=O) groups excluding carboxylic acids is 2. The molecular weight excluding hydrogens is 206 g/mol. The van der Waals surface area contributed by atoms with Crippen molar-refractivity contribution in [2.75, 3.05) is 20.1 Å². The van der Waals surface area contributed by atoms with Gasteiger partial charge in [-0.3, -0.25) is 9.59 Å². The molecule has 0 radical (unpaired) electrons. The van der Waals surface area contributed by atoms with Gasteiger partial charge in [-0.05, 0) is 27.8 Å². The van der Waals surface area contributed by atoms with Crippen LogP contribution in [0.1, 0.15) is 27.7 Å². The Balaban J connectivity index is 3.88. The topological polar surface area (TPSA) is 70.2 Å². The second kappa shape index (κ2) is 6.48. The van der Waals surface area contributed by atoms with Crippen LogP contribution in [-0.4, -0.2) is 37.5 Å². The van der Waals surface area contributed by atoms with Crippen molar-refractivity contribution in [3.63, 3.8) is 0 Å². The van der Waals surface area contributed by atoms with Crippen molar-refractivity contribution in [2.24, 2.45) is 5.92 Å². The molecule has 3 N–H and O–H groups in total. The highest BCUT2D eigenvalue weighted by Crippen LogP contribution is 1.97. The Morgan fingerprint density at radius 1 is 1.25 bits per heavy atom. The molecule has 1 atom stereocenters. The van der Waals surface area contributed by atoms with Crippen molar-refractivity contribution >= 4 is 11.8 Å². The van der Waals surface area contributed by atoms with E-state index in [0.717, 1.165) is 0 Å². The molecule has 5 heteroatoms. The van der Waals surface area contributed by atoms with Gasteiger partial charge in [-0.25, -0.2) is 0 Å². The number of carbonyl (C=O) groups is 2. The fourth-order valence-electron chi connectivity index (χ4n) is 1.20. The van der Waals surface area contributed by atoms with E-state index < -0.39 is 0 Å². The van der Waals surface area contributed by atoms with Crippen LogP contribution in [-0.2, 0) is 9.59 Å². The first-order chi connectivity index (χ1) is 7.26. The third-order valence-electron chi connectivity index (χ3n) is 1.90. The normalized spacial score (nSPS) is 13.1. The molecule has 0 saturated heterocycles. The quantitative estimate of drug-likeness (QED) is 0.615. The van der Waals surface area contributed by atoms with Crippen LogP contribution in [0.25, 0.3) is 0 Å². The van der Waals surface area contributed by atoms with Crippen molar-refractivity contribution in [3.8, 4) is 0 Å². The van der Waals surface area contributed by atoms with Gasteiger partial charge in [-0.15, -0.1) is 0 Å². The van der Waals surface area contributed by atoms with Crippen LogP contribution < -0.4 is 16.0 Å². The summed E-state index contributed by atoms with van der Waals surface area (Å²) < 4.78 is 0. The Morgan fingerprint density at radius 3 is 2.25 bits per heavy atom. The fraction of sp³-hybridized carbons (Fsp3) is 0.818. The van der Waals surface area contributed by atoms with Crippen molar-refractivity contribution in [1.82, 2.24) is 16.0 Å². The number of amides is 2. The maximum atomic E-state index is 11.5. The van der Waals surface area contributed by atoms with Gasteiger partial charge in [0.15, 0.2) is 0 Å². The first-order valence-corrected chi connectivity index (χ1v) is 5.49. The lowest BCUT2D eigenvalue weighted by molar-refractivity contribution is -0.128. The SMILES string of the molecule is CNCC(C)C(=O)NCC(=O)NC(C)(C)C. The number of rotatable bonds is 5. The second-order valence-corrected chi connectivity index (χ2v) is 4.97. The Hall–Kier alpha value is -1.10. The molecule has 0 rings (SSSR count). The second-order valence-electron chi connectivity index (χ2n) is 4.97. The zero-order valence-electron chi connectivity index (χ0n) is 10.8. The van der Waals surface area contributed by atoms with E-state index in [0.29, 0.717) is 6.54 Å². The summed E-state index contributed by atoms with van der Waals surface area (Å²) >= 11 is 0. The highest BCUT2D eigenvalue weighted by atomic mass is 16.2. The molecule has 0 aromatic heterocycles. The number of hydrogen-bond donors (Lipinski definition) is 3. The summed E-state index contributed by atoms with van der Waals surface area (Å²) in [6, 6.07) is 0. The Labute approximate surface area is 97.4 Å². The summed E-state index contributed by atoms with van der Waals surface area (Å²) in [7, 11) is 1.79. The van der Waals surface area contributed by atoms with Crippen LogP contribution in [0.15, 0.2) is 0 Å². The van der Waals surface area contributed by atoms with Crippen LogP contribution in [0.2, 0.25) is 0 Å². The van der Waals surface area contributed by atoms with Crippen molar-refractivity contribution in [3.05, 3.63) is 0 Å². The fourth-order valence-corrected chi connectivity index (χ4v) is 1.20. The number of hydrogen-bond acceptors (Lipinski definition) is 3. The highest BCUT2D eigenvalue weighted by Gasteiger charge is 2.16. The lowest BCUT2D eigenvalue weighted by Crippen LogP contribution is -2.47. The molecule has 0 aromatic rings. The summed E-state index contributed by atoms with van der Waals surface area (Å²) in [5.74, 6) is -0.414. The summed E-state index contributed by atoms with van der Waals surface area (Å²) in [4.78, 5) is 22.9. The summed E-state index contributed by atoms with van der Waals surface area (Å²) in [6.07, 6.45) is 0. The lowest BCUT2D eigenvalue weighted by Gasteiger charge is -2.21. The largest absolute Gasteiger partial charge is 0.350 e. The number of nitrogens with one attached hydrogen (secondary N) is 3. The third-order valence-corrected chi connectivity index (χ3v) is 1.90. The van der Waals surface area contributed by atoms with Gasteiger partial charge in [0, 0.05) is 18.0 Å². The summed E-state index contributed by atoms with van der Waals surface area (Å²) in [5.41, 5.74) is -0.265. The maximum absolute atomic E-state index is 11.5. The predicted molar refractivity (Wildman–Crippen MR) is 64.0 cm³/mol. The molecule has 0 heterocycles. The molecule has 94 valence electrons. The van der Waals surface area contributed by atoms with Crippen LogP contribution >= 0.6 is 0 Å². The van der Waals surface area contributed by atoms with Gasteiger partial charge < -0.3 is 16.0 Å². The Morgan fingerprint density at radius 2 is 1.81 bits per heavy atom. The first-order valence-electron chi connectivity index (χ1n) is 5.49. The minimum absolute atomic E-state index is 0.0319. The van der Waals surface area contributed by atoms with E-state index in [1.807, 2.05) is 27.7 Å². The van der Waals surface area contributed by atoms with E-state index in [4.69, 9.17) is 0 Å². The molecule has 0 bridgehead atoms. The zero-order chi connectivity index (χ0) is 12.8. The molecule has 0 aliphatic carbocycles. The zero-order valence-corrected chi connectivity index (χ0v) is 10.8. The van der Waals surface area contributed by atoms with Crippen LogP contribution in [0, 0.1) is 5.92 Å².